The highest BCUT2D eigenvalue weighted by Gasteiger charge is 2.08. The van der Waals surface area contributed by atoms with Crippen molar-refractivity contribution in [2.75, 3.05) is 17.7 Å². The molecule has 0 spiro atoms. The molecular formula is C16H17BrN2O2. The van der Waals surface area contributed by atoms with Crippen LogP contribution in [0, 0.1) is 13.8 Å². The number of halogens is 1. The van der Waals surface area contributed by atoms with Crippen molar-refractivity contribution in [1.82, 2.24) is 0 Å². The molecule has 0 aliphatic carbocycles. The van der Waals surface area contributed by atoms with Crippen LogP contribution in [-0.4, -0.2) is 12.5 Å². The van der Waals surface area contributed by atoms with Crippen molar-refractivity contribution in [3.8, 4) is 5.75 Å². The number of nitrogen functional groups attached to an aromatic ring is 1. The number of aryl methyl sites for hydroxylation is 2. The topological polar surface area (TPSA) is 64.3 Å². The van der Waals surface area contributed by atoms with Gasteiger partial charge in [0, 0.05) is 4.47 Å². The number of benzene rings is 2. The Bertz CT molecular complexity index is 671. The summed E-state index contributed by atoms with van der Waals surface area (Å²) >= 11 is 3.32. The maximum Gasteiger partial charge on any atom is 0.262 e. The molecule has 0 aromatic heterocycles. The Balaban J connectivity index is 1.97. The van der Waals surface area contributed by atoms with Crippen LogP contribution in [0.4, 0.5) is 11.4 Å². The van der Waals surface area contributed by atoms with E-state index in [1.807, 2.05) is 38.1 Å². The lowest BCUT2D eigenvalue weighted by atomic mass is 10.1. The van der Waals surface area contributed by atoms with Crippen molar-refractivity contribution < 1.29 is 9.53 Å². The van der Waals surface area contributed by atoms with Crippen LogP contribution in [0.3, 0.4) is 0 Å². The zero-order chi connectivity index (χ0) is 15.4. The molecule has 110 valence electrons. The molecule has 0 fully saturated rings. The van der Waals surface area contributed by atoms with E-state index in [2.05, 4.69) is 21.2 Å². The highest BCUT2D eigenvalue weighted by molar-refractivity contribution is 9.10. The third-order valence-corrected chi connectivity index (χ3v) is 3.48. The summed E-state index contributed by atoms with van der Waals surface area (Å²) in [5, 5.41) is 2.73. The Kier molecular flexibility index (Phi) is 4.85. The van der Waals surface area contributed by atoms with Crippen molar-refractivity contribution >= 4 is 33.2 Å². The SMILES string of the molecule is Cc1ccc(C)c(OCC(=O)Nc2ccc(Br)cc2N)c1. The second-order valence-electron chi connectivity index (χ2n) is 4.84. The van der Waals surface area contributed by atoms with E-state index < -0.39 is 0 Å². The molecule has 0 bridgehead atoms. The average Bonchev–Trinajstić information content (AvgIpc) is 2.43. The fraction of sp³-hybridized carbons (Fsp3) is 0.188. The quantitative estimate of drug-likeness (QED) is 0.828. The van der Waals surface area contributed by atoms with Crippen molar-refractivity contribution in [1.29, 1.82) is 0 Å². The lowest BCUT2D eigenvalue weighted by molar-refractivity contribution is -0.118. The second kappa shape index (κ2) is 6.63. The van der Waals surface area contributed by atoms with Gasteiger partial charge in [0.05, 0.1) is 11.4 Å². The van der Waals surface area contributed by atoms with Gasteiger partial charge in [0.2, 0.25) is 0 Å². The van der Waals surface area contributed by atoms with E-state index >= 15 is 0 Å². The first kappa shape index (κ1) is 15.4. The fourth-order valence-electron chi connectivity index (χ4n) is 1.84. The summed E-state index contributed by atoms with van der Waals surface area (Å²) < 4.78 is 6.42. The fourth-order valence-corrected chi connectivity index (χ4v) is 2.22. The zero-order valence-electron chi connectivity index (χ0n) is 11.9. The van der Waals surface area contributed by atoms with Crippen molar-refractivity contribution in [3.63, 3.8) is 0 Å². The van der Waals surface area contributed by atoms with Gasteiger partial charge in [-0.05, 0) is 49.2 Å². The number of carbonyl (C=O) groups is 1. The van der Waals surface area contributed by atoms with Crippen molar-refractivity contribution in [3.05, 3.63) is 52.0 Å². The number of nitrogens with one attached hydrogen (secondary N) is 1. The zero-order valence-corrected chi connectivity index (χ0v) is 13.5. The van der Waals surface area contributed by atoms with Crippen LogP contribution in [0.2, 0.25) is 0 Å². The molecule has 0 unspecified atom stereocenters. The molecule has 0 radical (unpaired) electrons. The number of hydrogen-bond acceptors (Lipinski definition) is 3. The predicted octanol–water partition coefficient (Wildman–Crippen LogP) is 3.67. The summed E-state index contributed by atoms with van der Waals surface area (Å²) in [7, 11) is 0. The second-order valence-corrected chi connectivity index (χ2v) is 5.75. The number of hydrogen-bond donors (Lipinski definition) is 2. The van der Waals surface area contributed by atoms with Crippen LogP contribution < -0.4 is 15.8 Å². The number of ether oxygens (including phenoxy) is 1. The predicted molar refractivity (Wildman–Crippen MR) is 88.6 cm³/mol. The molecule has 2 rings (SSSR count). The van der Waals surface area contributed by atoms with Crippen LogP contribution in [0.15, 0.2) is 40.9 Å². The van der Waals surface area contributed by atoms with E-state index in [-0.39, 0.29) is 12.5 Å². The minimum absolute atomic E-state index is 0.0558. The van der Waals surface area contributed by atoms with Crippen LogP contribution in [0.1, 0.15) is 11.1 Å². The number of amides is 1. The summed E-state index contributed by atoms with van der Waals surface area (Å²) in [4.78, 5) is 11.9. The molecule has 4 nitrogen and oxygen atoms in total. The first-order chi connectivity index (χ1) is 9.95. The number of carbonyl (C=O) groups excluding carboxylic acids is 1. The minimum atomic E-state index is -0.245. The minimum Gasteiger partial charge on any atom is -0.483 e. The summed E-state index contributed by atoms with van der Waals surface area (Å²) in [6, 6.07) is 11.2. The van der Waals surface area contributed by atoms with Crippen molar-refractivity contribution in [2.24, 2.45) is 0 Å². The van der Waals surface area contributed by atoms with Gasteiger partial charge in [-0.2, -0.15) is 0 Å². The van der Waals surface area contributed by atoms with Gasteiger partial charge >= 0.3 is 0 Å². The lowest BCUT2D eigenvalue weighted by Crippen LogP contribution is -2.21. The van der Waals surface area contributed by atoms with E-state index in [1.165, 1.54) is 0 Å². The van der Waals surface area contributed by atoms with E-state index in [1.54, 1.807) is 12.1 Å². The largest absolute Gasteiger partial charge is 0.483 e. The summed E-state index contributed by atoms with van der Waals surface area (Å²) in [5.74, 6) is 0.471. The molecule has 0 aliphatic rings. The summed E-state index contributed by atoms with van der Waals surface area (Å²) in [6.45, 7) is 3.87. The Morgan fingerprint density at radius 2 is 2.00 bits per heavy atom. The number of anilines is 2. The average molecular weight is 349 g/mol. The van der Waals surface area contributed by atoms with E-state index in [0.29, 0.717) is 17.1 Å². The molecule has 5 heteroatoms. The highest BCUT2D eigenvalue weighted by atomic mass is 79.9. The van der Waals surface area contributed by atoms with E-state index in [0.717, 1.165) is 15.6 Å². The monoisotopic (exact) mass is 348 g/mol. The molecule has 21 heavy (non-hydrogen) atoms. The lowest BCUT2D eigenvalue weighted by Gasteiger charge is -2.11. The smallest absolute Gasteiger partial charge is 0.262 e. The number of rotatable bonds is 4. The Labute approximate surface area is 132 Å². The molecule has 0 atom stereocenters. The molecule has 0 heterocycles. The van der Waals surface area contributed by atoms with Gasteiger partial charge in [-0.25, -0.2) is 0 Å². The Hall–Kier alpha value is -2.01. The normalized spacial score (nSPS) is 10.2. The van der Waals surface area contributed by atoms with Gasteiger partial charge in [-0.15, -0.1) is 0 Å². The van der Waals surface area contributed by atoms with E-state index in [9.17, 15) is 4.79 Å². The Morgan fingerprint density at radius 1 is 1.24 bits per heavy atom. The molecule has 2 aromatic rings. The maximum atomic E-state index is 11.9. The molecule has 0 saturated heterocycles. The molecule has 0 aliphatic heterocycles. The summed E-state index contributed by atoms with van der Waals surface area (Å²) in [6.07, 6.45) is 0. The maximum absolute atomic E-state index is 11.9. The third-order valence-electron chi connectivity index (χ3n) is 2.99. The standard InChI is InChI=1S/C16H17BrN2O2/c1-10-3-4-11(2)15(7-10)21-9-16(20)19-14-6-5-12(17)8-13(14)18/h3-8H,9,18H2,1-2H3,(H,19,20). The van der Waals surface area contributed by atoms with Crippen LogP contribution in [-0.2, 0) is 4.79 Å². The van der Waals surface area contributed by atoms with Gasteiger partial charge in [-0.1, -0.05) is 28.1 Å². The van der Waals surface area contributed by atoms with Crippen LogP contribution in [0.5, 0.6) is 5.75 Å². The molecule has 1 amide bonds. The summed E-state index contributed by atoms with van der Waals surface area (Å²) in [5.41, 5.74) is 9.00. The van der Waals surface area contributed by atoms with Gasteiger partial charge in [0.1, 0.15) is 5.75 Å². The Morgan fingerprint density at radius 3 is 2.71 bits per heavy atom. The van der Waals surface area contributed by atoms with Gasteiger partial charge in [-0.3, -0.25) is 4.79 Å². The van der Waals surface area contributed by atoms with Gasteiger partial charge in [0.25, 0.3) is 5.91 Å². The third kappa shape index (κ3) is 4.23. The van der Waals surface area contributed by atoms with Crippen molar-refractivity contribution in [2.45, 2.75) is 13.8 Å². The van der Waals surface area contributed by atoms with Crippen LogP contribution >= 0.6 is 15.9 Å². The number of nitrogens with two attached hydrogens (primary N) is 1. The highest BCUT2D eigenvalue weighted by Crippen LogP contribution is 2.23. The van der Waals surface area contributed by atoms with Gasteiger partial charge in [0.15, 0.2) is 6.61 Å². The molecule has 0 saturated carbocycles. The molecule has 2 aromatic carbocycles. The first-order valence-corrected chi connectivity index (χ1v) is 7.30. The molecule has 3 N–H and O–H groups in total. The molecular weight excluding hydrogens is 332 g/mol. The van der Waals surface area contributed by atoms with Gasteiger partial charge < -0.3 is 15.8 Å². The first-order valence-electron chi connectivity index (χ1n) is 6.50. The van der Waals surface area contributed by atoms with Crippen LogP contribution in [0.25, 0.3) is 0 Å². The van der Waals surface area contributed by atoms with E-state index in [4.69, 9.17) is 10.5 Å².